The van der Waals surface area contributed by atoms with Gasteiger partial charge in [-0.1, -0.05) is 36.4 Å². The summed E-state index contributed by atoms with van der Waals surface area (Å²) in [4.78, 5) is 0. The Bertz CT molecular complexity index is 1040. The molecule has 0 bridgehead atoms. The minimum Gasteiger partial charge on any atom is -0.382 e. The Labute approximate surface area is 143 Å². The fourth-order valence-electron chi connectivity index (χ4n) is 2.40. The van der Waals surface area contributed by atoms with Gasteiger partial charge >= 0.3 is 0 Å². The van der Waals surface area contributed by atoms with Crippen LogP contribution in [-0.2, 0) is 0 Å². The van der Waals surface area contributed by atoms with Crippen LogP contribution in [0.5, 0.6) is 0 Å². The molecule has 0 fully saturated rings. The quantitative estimate of drug-likeness (QED) is 0.744. The van der Waals surface area contributed by atoms with Crippen molar-refractivity contribution in [2.24, 2.45) is 0 Å². The highest BCUT2D eigenvalue weighted by molar-refractivity contribution is 5.91. The third-order valence-corrected chi connectivity index (χ3v) is 3.61. The van der Waals surface area contributed by atoms with Crippen LogP contribution >= 0.6 is 0 Å². The van der Waals surface area contributed by atoms with E-state index in [2.05, 4.69) is 5.10 Å². The molecule has 3 aromatic rings. The van der Waals surface area contributed by atoms with Crippen LogP contribution in [0.3, 0.4) is 0 Å². The van der Waals surface area contributed by atoms with E-state index in [1.165, 1.54) is 22.9 Å². The molecule has 1 aromatic heterocycles. The summed E-state index contributed by atoms with van der Waals surface area (Å²) >= 11 is 0. The minimum atomic E-state index is -0.468. The number of para-hydroxylation sites is 1. The van der Waals surface area contributed by atoms with Crippen molar-refractivity contribution in [3.63, 3.8) is 0 Å². The van der Waals surface area contributed by atoms with E-state index in [9.17, 15) is 14.9 Å². The summed E-state index contributed by atoms with van der Waals surface area (Å²) in [5.41, 5.74) is 7.18. The van der Waals surface area contributed by atoms with Gasteiger partial charge in [0.25, 0.3) is 0 Å². The largest absolute Gasteiger partial charge is 0.382 e. The Balaban J connectivity index is 2.18. The molecular weight excluding hydrogens is 317 g/mol. The molecule has 0 unspecified atom stereocenters. The molecule has 0 amide bonds. The number of aromatic nitrogens is 2. The summed E-state index contributed by atoms with van der Waals surface area (Å²) in [6.45, 7) is 0. The van der Waals surface area contributed by atoms with Crippen LogP contribution in [0.25, 0.3) is 17.3 Å². The molecule has 0 aliphatic heterocycles. The van der Waals surface area contributed by atoms with E-state index in [1.807, 2.05) is 30.3 Å². The molecule has 2 aromatic carbocycles. The predicted molar refractivity (Wildman–Crippen MR) is 92.6 cm³/mol. The Hall–Kier alpha value is -3.90. The van der Waals surface area contributed by atoms with Crippen molar-refractivity contribution >= 4 is 17.5 Å². The van der Waals surface area contributed by atoms with E-state index in [0.29, 0.717) is 5.69 Å². The zero-order valence-corrected chi connectivity index (χ0v) is 13.0. The summed E-state index contributed by atoms with van der Waals surface area (Å²) in [6.07, 6.45) is 1.35. The highest BCUT2D eigenvalue weighted by atomic mass is 19.1. The number of hydrogen-bond donors (Lipinski definition) is 1. The number of halogens is 1. The predicted octanol–water partition coefficient (Wildman–Crippen LogP) is 3.53. The summed E-state index contributed by atoms with van der Waals surface area (Å²) in [6, 6.07) is 19.0. The number of anilines is 1. The fourth-order valence-corrected chi connectivity index (χ4v) is 2.40. The highest BCUT2D eigenvalue weighted by Crippen LogP contribution is 2.27. The maximum atomic E-state index is 13.9. The first kappa shape index (κ1) is 16.0. The second kappa shape index (κ2) is 6.69. The molecule has 0 saturated carbocycles. The molecule has 25 heavy (non-hydrogen) atoms. The van der Waals surface area contributed by atoms with Gasteiger partial charge in [-0.05, 0) is 24.3 Å². The van der Waals surface area contributed by atoms with Crippen LogP contribution in [0.15, 0.2) is 54.6 Å². The van der Waals surface area contributed by atoms with Crippen LogP contribution < -0.4 is 5.73 Å². The molecule has 6 heteroatoms. The second-order valence-electron chi connectivity index (χ2n) is 5.16. The van der Waals surface area contributed by atoms with Crippen molar-refractivity contribution in [2.75, 3.05) is 5.73 Å². The first-order valence-electron chi connectivity index (χ1n) is 7.36. The molecule has 2 N–H and O–H groups in total. The van der Waals surface area contributed by atoms with Gasteiger partial charge < -0.3 is 5.73 Å². The molecule has 1 heterocycles. The third kappa shape index (κ3) is 2.97. The van der Waals surface area contributed by atoms with Gasteiger partial charge in [0, 0.05) is 5.56 Å². The van der Waals surface area contributed by atoms with E-state index in [4.69, 9.17) is 5.73 Å². The number of benzene rings is 2. The van der Waals surface area contributed by atoms with Crippen LogP contribution in [-0.4, -0.2) is 9.78 Å². The van der Waals surface area contributed by atoms with Gasteiger partial charge in [0.15, 0.2) is 0 Å². The Morgan fingerprint density at radius 2 is 1.76 bits per heavy atom. The molecule has 120 valence electrons. The number of nitriles is 2. The fraction of sp³-hybridized carbons (Fsp3) is 0. The van der Waals surface area contributed by atoms with Crippen molar-refractivity contribution in [3.05, 3.63) is 77.2 Å². The molecule has 5 nitrogen and oxygen atoms in total. The molecule has 3 rings (SSSR count). The Morgan fingerprint density at radius 1 is 1.08 bits per heavy atom. The summed E-state index contributed by atoms with van der Waals surface area (Å²) in [5.74, 6) is -0.345. The number of allylic oxidation sites excluding steroid dienone is 1. The number of hydrogen-bond acceptors (Lipinski definition) is 4. The van der Waals surface area contributed by atoms with Crippen molar-refractivity contribution in [2.45, 2.75) is 0 Å². The summed E-state index contributed by atoms with van der Waals surface area (Å²) in [5, 5.41) is 23.2. The lowest BCUT2D eigenvalue weighted by atomic mass is 10.1. The number of nitrogen functional groups attached to an aromatic ring is 1. The van der Waals surface area contributed by atoms with Gasteiger partial charge in [0.2, 0.25) is 0 Å². The Kier molecular flexibility index (Phi) is 4.28. The monoisotopic (exact) mass is 329 g/mol. The first-order chi connectivity index (χ1) is 12.2. The number of nitrogens with two attached hydrogens (primary N) is 1. The first-order valence-corrected chi connectivity index (χ1v) is 7.36. The van der Waals surface area contributed by atoms with Gasteiger partial charge in [0.1, 0.15) is 35.0 Å². The summed E-state index contributed by atoms with van der Waals surface area (Å²) in [7, 11) is 0. The SMILES string of the molecule is N#C/C(=C\c1ccccc1F)c1nn(-c2ccccc2)c(N)c1C#N. The van der Waals surface area contributed by atoms with Crippen LogP contribution in [0, 0.1) is 28.5 Å². The van der Waals surface area contributed by atoms with Gasteiger partial charge in [-0.25, -0.2) is 9.07 Å². The van der Waals surface area contributed by atoms with Crippen molar-refractivity contribution in [1.29, 1.82) is 10.5 Å². The molecule has 0 aliphatic carbocycles. The lowest BCUT2D eigenvalue weighted by molar-refractivity contribution is 0.625. The summed E-state index contributed by atoms with van der Waals surface area (Å²) < 4.78 is 15.3. The number of rotatable bonds is 3. The molecule has 0 radical (unpaired) electrons. The molecular formula is C19H12FN5. The van der Waals surface area contributed by atoms with E-state index in [1.54, 1.807) is 24.3 Å². The standard InChI is InChI=1S/C19H12FN5/c20-17-9-5-4-6-13(17)10-14(11-21)18-16(12-22)19(23)25(24-18)15-7-2-1-3-8-15/h1-10H,23H2/b14-10+. The molecule has 0 aliphatic rings. The van der Waals surface area contributed by atoms with Gasteiger partial charge in [-0.15, -0.1) is 0 Å². The van der Waals surface area contributed by atoms with Gasteiger partial charge in [-0.2, -0.15) is 15.6 Å². The normalized spacial score (nSPS) is 10.9. The second-order valence-corrected chi connectivity index (χ2v) is 5.16. The molecule has 0 saturated heterocycles. The third-order valence-electron chi connectivity index (χ3n) is 3.61. The molecule has 0 spiro atoms. The van der Waals surface area contributed by atoms with Gasteiger partial charge in [-0.3, -0.25) is 0 Å². The zero-order chi connectivity index (χ0) is 17.8. The van der Waals surface area contributed by atoms with Crippen molar-refractivity contribution in [3.8, 4) is 17.8 Å². The van der Waals surface area contributed by atoms with Crippen LogP contribution in [0.4, 0.5) is 10.2 Å². The Morgan fingerprint density at radius 3 is 2.40 bits per heavy atom. The highest BCUT2D eigenvalue weighted by Gasteiger charge is 2.20. The van der Waals surface area contributed by atoms with E-state index in [0.717, 1.165) is 0 Å². The van der Waals surface area contributed by atoms with Crippen molar-refractivity contribution in [1.82, 2.24) is 9.78 Å². The average Bonchev–Trinajstić information content (AvgIpc) is 2.98. The number of nitrogens with zero attached hydrogens (tertiary/aromatic N) is 4. The topological polar surface area (TPSA) is 91.4 Å². The van der Waals surface area contributed by atoms with Gasteiger partial charge in [0.05, 0.1) is 11.3 Å². The van der Waals surface area contributed by atoms with Crippen molar-refractivity contribution < 1.29 is 4.39 Å². The van der Waals surface area contributed by atoms with Crippen LogP contribution in [0.1, 0.15) is 16.8 Å². The maximum Gasteiger partial charge on any atom is 0.145 e. The molecule has 0 atom stereocenters. The smallest absolute Gasteiger partial charge is 0.145 e. The minimum absolute atomic E-state index is 0.0584. The lowest BCUT2D eigenvalue weighted by Gasteiger charge is -2.02. The van der Waals surface area contributed by atoms with Crippen LogP contribution in [0.2, 0.25) is 0 Å². The van der Waals surface area contributed by atoms with E-state index >= 15 is 0 Å². The zero-order valence-electron chi connectivity index (χ0n) is 13.0. The lowest BCUT2D eigenvalue weighted by Crippen LogP contribution is -2.02. The van der Waals surface area contributed by atoms with E-state index in [-0.39, 0.29) is 28.2 Å². The van der Waals surface area contributed by atoms with E-state index < -0.39 is 5.82 Å². The maximum absolute atomic E-state index is 13.9. The average molecular weight is 329 g/mol.